The van der Waals surface area contributed by atoms with Crippen molar-refractivity contribution in [3.8, 4) is 5.75 Å². The first-order valence-electron chi connectivity index (χ1n) is 6.67. The fourth-order valence-corrected chi connectivity index (χ4v) is 2.02. The molecule has 0 aliphatic carbocycles. The van der Waals surface area contributed by atoms with E-state index in [-0.39, 0.29) is 23.6 Å². The number of halogens is 1. The minimum atomic E-state index is -0.640. The number of nitro groups is 1. The molecular weight excluding hydrogens is 305 g/mol. The van der Waals surface area contributed by atoms with E-state index in [9.17, 15) is 19.3 Å². The third kappa shape index (κ3) is 3.82. The van der Waals surface area contributed by atoms with Gasteiger partial charge in [0.1, 0.15) is 6.61 Å². The van der Waals surface area contributed by atoms with E-state index in [4.69, 9.17) is 9.47 Å². The number of methoxy groups -OCH3 is 1. The highest BCUT2D eigenvalue weighted by atomic mass is 19.1. The van der Waals surface area contributed by atoms with Crippen LogP contribution in [0.3, 0.4) is 0 Å². The van der Waals surface area contributed by atoms with Gasteiger partial charge in [-0.15, -0.1) is 0 Å². The molecule has 0 fully saturated rings. The van der Waals surface area contributed by atoms with Crippen LogP contribution < -0.4 is 4.74 Å². The standard InChI is InChI=1S/C16H14FNO5/c1-10-7-12(4-5-14(10)18(20)21)16(19)23-9-11-3-6-15(22-2)13(17)8-11/h3-8H,9H2,1-2H3. The van der Waals surface area contributed by atoms with Crippen LogP contribution in [-0.2, 0) is 11.3 Å². The minimum absolute atomic E-state index is 0.0706. The largest absolute Gasteiger partial charge is 0.494 e. The van der Waals surface area contributed by atoms with Gasteiger partial charge in [-0.05, 0) is 36.8 Å². The van der Waals surface area contributed by atoms with Crippen molar-refractivity contribution in [2.24, 2.45) is 0 Å². The number of ether oxygens (including phenoxy) is 2. The second-order valence-corrected chi connectivity index (χ2v) is 4.80. The van der Waals surface area contributed by atoms with E-state index in [1.807, 2.05) is 0 Å². The Balaban J connectivity index is 2.06. The third-order valence-electron chi connectivity index (χ3n) is 3.22. The summed E-state index contributed by atoms with van der Waals surface area (Å²) in [7, 11) is 1.36. The molecule has 0 heterocycles. The smallest absolute Gasteiger partial charge is 0.338 e. The maximum atomic E-state index is 13.5. The first-order valence-corrected chi connectivity index (χ1v) is 6.67. The zero-order valence-electron chi connectivity index (χ0n) is 12.5. The number of esters is 1. The number of rotatable bonds is 5. The summed E-state index contributed by atoms with van der Waals surface area (Å²) in [4.78, 5) is 22.2. The third-order valence-corrected chi connectivity index (χ3v) is 3.22. The molecule has 0 saturated heterocycles. The van der Waals surface area contributed by atoms with Crippen LogP contribution in [0.5, 0.6) is 5.75 Å². The van der Waals surface area contributed by atoms with Crippen molar-refractivity contribution in [2.45, 2.75) is 13.5 Å². The molecule has 0 radical (unpaired) electrons. The Morgan fingerprint density at radius 2 is 2.00 bits per heavy atom. The van der Waals surface area contributed by atoms with Crippen LogP contribution in [0.2, 0.25) is 0 Å². The molecule has 0 aliphatic heterocycles. The van der Waals surface area contributed by atoms with E-state index in [2.05, 4.69) is 0 Å². The van der Waals surface area contributed by atoms with Crippen molar-refractivity contribution in [3.63, 3.8) is 0 Å². The molecule has 0 spiro atoms. The van der Waals surface area contributed by atoms with Gasteiger partial charge < -0.3 is 9.47 Å². The van der Waals surface area contributed by atoms with Crippen molar-refractivity contribution in [2.75, 3.05) is 7.11 Å². The van der Waals surface area contributed by atoms with E-state index in [0.29, 0.717) is 11.1 Å². The molecule has 2 aromatic rings. The second-order valence-electron chi connectivity index (χ2n) is 4.80. The minimum Gasteiger partial charge on any atom is -0.494 e. The average molecular weight is 319 g/mol. The number of hydrogen-bond acceptors (Lipinski definition) is 5. The van der Waals surface area contributed by atoms with E-state index in [0.717, 1.165) is 0 Å². The summed E-state index contributed by atoms with van der Waals surface area (Å²) in [6, 6.07) is 8.19. The predicted molar refractivity (Wildman–Crippen MR) is 79.9 cm³/mol. The number of nitrogens with zero attached hydrogens (tertiary/aromatic N) is 1. The number of carbonyl (C=O) groups is 1. The number of nitro benzene ring substituents is 1. The van der Waals surface area contributed by atoms with E-state index in [1.165, 1.54) is 44.4 Å². The SMILES string of the molecule is COc1ccc(COC(=O)c2ccc([N+](=O)[O-])c(C)c2)cc1F. The van der Waals surface area contributed by atoms with Gasteiger partial charge in [-0.2, -0.15) is 0 Å². The molecule has 6 nitrogen and oxygen atoms in total. The van der Waals surface area contributed by atoms with Crippen LogP contribution in [-0.4, -0.2) is 18.0 Å². The summed E-state index contributed by atoms with van der Waals surface area (Å²) < 4.78 is 23.4. The fourth-order valence-electron chi connectivity index (χ4n) is 2.02. The maximum absolute atomic E-state index is 13.5. The molecule has 0 saturated carbocycles. The Morgan fingerprint density at radius 1 is 1.26 bits per heavy atom. The molecule has 23 heavy (non-hydrogen) atoms. The summed E-state index contributed by atoms with van der Waals surface area (Å²) in [5, 5.41) is 10.7. The lowest BCUT2D eigenvalue weighted by Gasteiger charge is -2.07. The van der Waals surface area contributed by atoms with E-state index < -0.39 is 16.7 Å². The van der Waals surface area contributed by atoms with Gasteiger partial charge in [0.05, 0.1) is 17.6 Å². The summed E-state index contributed by atoms with van der Waals surface area (Å²) in [5.41, 5.74) is 0.955. The number of carbonyl (C=O) groups excluding carboxylic acids is 1. The highest BCUT2D eigenvalue weighted by Gasteiger charge is 2.15. The van der Waals surface area contributed by atoms with Crippen LogP contribution in [0.1, 0.15) is 21.5 Å². The predicted octanol–water partition coefficient (Wildman–Crippen LogP) is 3.41. The van der Waals surface area contributed by atoms with Crippen LogP contribution in [0.15, 0.2) is 36.4 Å². The lowest BCUT2D eigenvalue weighted by molar-refractivity contribution is -0.385. The molecule has 0 aromatic heterocycles. The molecule has 0 unspecified atom stereocenters. The lowest BCUT2D eigenvalue weighted by Crippen LogP contribution is -2.06. The number of hydrogen-bond donors (Lipinski definition) is 0. The zero-order chi connectivity index (χ0) is 17.0. The molecule has 0 bridgehead atoms. The first-order chi connectivity index (χ1) is 10.9. The molecule has 0 amide bonds. The fraction of sp³-hybridized carbons (Fsp3) is 0.188. The summed E-state index contributed by atoms with van der Waals surface area (Å²) in [6.07, 6.45) is 0. The molecule has 0 aliphatic rings. The van der Waals surface area contributed by atoms with Gasteiger partial charge in [0, 0.05) is 11.6 Å². The first kappa shape index (κ1) is 16.4. The highest BCUT2D eigenvalue weighted by Crippen LogP contribution is 2.21. The van der Waals surface area contributed by atoms with Gasteiger partial charge in [0.15, 0.2) is 11.6 Å². The molecular formula is C16H14FNO5. The van der Waals surface area contributed by atoms with Crippen LogP contribution in [0, 0.1) is 22.9 Å². The van der Waals surface area contributed by atoms with Gasteiger partial charge in [-0.25, -0.2) is 9.18 Å². The Labute approximate surface area is 131 Å². The van der Waals surface area contributed by atoms with Crippen LogP contribution >= 0.6 is 0 Å². The normalized spacial score (nSPS) is 10.2. The van der Waals surface area contributed by atoms with Gasteiger partial charge in [-0.1, -0.05) is 6.07 Å². The Kier molecular flexibility index (Phi) is 4.90. The van der Waals surface area contributed by atoms with Crippen molar-refractivity contribution < 1.29 is 23.6 Å². The van der Waals surface area contributed by atoms with Crippen molar-refractivity contribution in [1.82, 2.24) is 0 Å². The van der Waals surface area contributed by atoms with Crippen LogP contribution in [0.4, 0.5) is 10.1 Å². The van der Waals surface area contributed by atoms with Crippen LogP contribution in [0.25, 0.3) is 0 Å². The lowest BCUT2D eigenvalue weighted by atomic mass is 10.1. The van der Waals surface area contributed by atoms with Crippen molar-refractivity contribution in [3.05, 3.63) is 69.0 Å². The highest BCUT2D eigenvalue weighted by molar-refractivity contribution is 5.90. The summed E-state index contributed by atoms with van der Waals surface area (Å²) in [6.45, 7) is 1.42. The average Bonchev–Trinajstić information content (AvgIpc) is 2.52. The van der Waals surface area contributed by atoms with Crippen molar-refractivity contribution in [1.29, 1.82) is 0 Å². The van der Waals surface area contributed by atoms with E-state index in [1.54, 1.807) is 6.07 Å². The maximum Gasteiger partial charge on any atom is 0.338 e. The van der Waals surface area contributed by atoms with E-state index >= 15 is 0 Å². The Bertz CT molecular complexity index is 760. The number of aryl methyl sites for hydroxylation is 1. The molecule has 2 aromatic carbocycles. The molecule has 0 N–H and O–H groups in total. The topological polar surface area (TPSA) is 78.7 Å². The van der Waals surface area contributed by atoms with Gasteiger partial charge in [-0.3, -0.25) is 10.1 Å². The number of benzene rings is 2. The Hall–Kier alpha value is -2.96. The molecule has 7 heteroatoms. The van der Waals surface area contributed by atoms with Gasteiger partial charge >= 0.3 is 5.97 Å². The zero-order valence-corrected chi connectivity index (χ0v) is 12.5. The monoisotopic (exact) mass is 319 g/mol. The second kappa shape index (κ2) is 6.87. The van der Waals surface area contributed by atoms with Gasteiger partial charge in [0.2, 0.25) is 0 Å². The molecule has 120 valence electrons. The van der Waals surface area contributed by atoms with Crippen molar-refractivity contribution >= 4 is 11.7 Å². The summed E-state index contributed by atoms with van der Waals surface area (Å²) >= 11 is 0. The molecule has 2 rings (SSSR count). The van der Waals surface area contributed by atoms with Gasteiger partial charge in [0.25, 0.3) is 5.69 Å². The Morgan fingerprint density at radius 3 is 2.57 bits per heavy atom. The molecule has 0 atom stereocenters. The quantitative estimate of drug-likeness (QED) is 0.479. The summed E-state index contributed by atoms with van der Waals surface area (Å²) in [5.74, 6) is -1.09.